The minimum atomic E-state index is 0.0405. The monoisotopic (exact) mass is 239 g/mol. The molecule has 4 nitrogen and oxygen atoms in total. The second-order valence-electron chi connectivity index (χ2n) is 3.90. The molecule has 16 heavy (non-hydrogen) atoms. The van der Waals surface area contributed by atoms with Gasteiger partial charge in [0.15, 0.2) is 5.84 Å². The van der Waals surface area contributed by atoms with Crippen LogP contribution in [0.15, 0.2) is 28.4 Å². The van der Waals surface area contributed by atoms with Gasteiger partial charge >= 0.3 is 0 Å². The van der Waals surface area contributed by atoms with E-state index in [1.54, 1.807) is 24.0 Å². The predicted octanol–water partition coefficient (Wildman–Crippen LogP) is 2.31. The lowest BCUT2D eigenvalue weighted by atomic mass is 10.2. The Labute approximate surface area is 99.9 Å². The molecule has 1 aromatic heterocycles. The summed E-state index contributed by atoms with van der Waals surface area (Å²) >= 11 is 1.77. The van der Waals surface area contributed by atoms with Crippen molar-refractivity contribution in [2.45, 2.75) is 25.2 Å². The Kier molecular flexibility index (Phi) is 5.11. The van der Waals surface area contributed by atoms with Gasteiger partial charge in [0.25, 0.3) is 0 Å². The number of hydrogen-bond acceptors (Lipinski definition) is 4. The van der Waals surface area contributed by atoms with Crippen LogP contribution < -0.4 is 5.73 Å². The first-order valence-corrected chi connectivity index (χ1v) is 6.18. The van der Waals surface area contributed by atoms with E-state index in [9.17, 15) is 0 Å². The van der Waals surface area contributed by atoms with Gasteiger partial charge in [0.2, 0.25) is 0 Å². The quantitative estimate of drug-likeness (QED) is 0.272. The Morgan fingerprint density at radius 3 is 2.81 bits per heavy atom. The van der Waals surface area contributed by atoms with E-state index in [1.165, 1.54) is 6.42 Å². The molecular weight excluding hydrogens is 222 g/mol. The Bertz CT molecular complexity index is 349. The summed E-state index contributed by atoms with van der Waals surface area (Å²) in [5.74, 6) is 1.85. The Hall–Kier alpha value is -1.23. The van der Waals surface area contributed by atoms with Crippen LogP contribution in [0.2, 0.25) is 0 Å². The molecule has 0 spiro atoms. The molecule has 3 N–H and O–H groups in total. The first-order chi connectivity index (χ1) is 7.63. The van der Waals surface area contributed by atoms with Gasteiger partial charge in [-0.15, -0.1) is 11.8 Å². The minimum absolute atomic E-state index is 0.0405. The molecule has 5 heteroatoms. The van der Waals surface area contributed by atoms with Crippen LogP contribution in [0.4, 0.5) is 0 Å². The van der Waals surface area contributed by atoms with Gasteiger partial charge < -0.3 is 10.9 Å². The summed E-state index contributed by atoms with van der Waals surface area (Å²) in [4.78, 5) is 5.22. The average molecular weight is 239 g/mol. The number of hydrogen-bond donors (Lipinski definition) is 2. The van der Waals surface area contributed by atoms with Gasteiger partial charge in [-0.05, 0) is 30.2 Å². The number of nitrogens with zero attached hydrogens (tertiary/aromatic N) is 2. The van der Waals surface area contributed by atoms with E-state index in [4.69, 9.17) is 10.9 Å². The highest BCUT2D eigenvalue weighted by Gasteiger charge is 2.01. The van der Waals surface area contributed by atoms with Gasteiger partial charge in [-0.3, -0.25) is 4.98 Å². The molecule has 1 heterocycles. The lowest BCUT2D eigenvalue weighted by molar-refractivity contribution is 0.318. The summed E-state index contributed by atoms with van der Waals surface area (Å²) in [6.07, 6.45) is 2.94. The molecule has 0 saturated carbocycles. The van der Waals surface area contributed by atoms with Crippen LogP contribution in [0.1, 0.15) is 26.0 Å². The van der Waals surface area contributed by atoms with Crippen molar-refractivity contribution < 1.29 is 5.21 Å². The van der Waals surface area contributed by atoms with Crippen molar-refractivity contribution in [1.82, 2.24) is 4.98 Å². The summed E-state index contributed by atoms with van der Waals surface area (Å²) in [7, 11) is 0. The number of aromatic nitrogens is 1. The molecule has 0 unspecified atom stereocenters. The fourth-order valence-electron chi connectivity index (χ4n) is 1.08. The second kappa shape index (κ2) is 6.37. The van der Waals surface area contributed by atoms with Crippen LogP contribution in [-0.2, 0) is 0 Å². The number of thioether (sulfide) groups is 1. The third-order valence-electron chi connectivity index (χ3n) is 2.07. The topological polar surface area (TPSA) is 71.5 Å². The molecule has 0 aliphatic heterocycles. The van der Waals surface area contributed by atoms with Crippen molar-refractivity contribution in [2.75, 3.05) is 5.75 Å². The van der Waals surface area contributed by atoms with Crippen LogP contribution in [0.25, 0.3) is 0 Å². The van der Waals surface area contributed by atoms with Gasteiger partial charge in [0.05, 0.1) is 0 Å². The molecular formula is C11H17N3OS. The van der Waals surface area contributed by atoms with Gasteiger partial charge in [-0.1, -0.05) is 19.0 Å². The molecule has 1 aromatic rings. The largest absolute Gasteiger partial charge is 0.409 e. The highest BCUT2D eigenvalue weighted by Crippen LogP contribution is 2.19. The summed E-state index contributed by atoms with van der Waals surface area (Å²) in [6, 6.07) is 3.69. The zero-order valence-electron chi connectivity index (χ0n) is 9.55. The van der Waals surface area contributed by atoms with Crippen LogP contribution in [0, 0.1) is 5.92 Å². The third-order valence-corrected chi connectivity index (χ3v) is 3.09. The standard InChI is InChI=1S/C11H17N3OS/c1-8(2)5-6-16-9-3-4-10(13-7-9)11(12)14-15/h3-4,7-8,15H,5-6H2,1-2H3,(H2,12,14). The molecule has 0 radical (unpaired) electrons. The SMILES string of the molecule is CC(C)CCSc1ccc(/C(N)=N/O)nc1. The maximum atomic E-state index is 8.48. The predicted molar refractivity (Wildman–Crippen MR) is 66.9 cm³/mol. The van der Waals surface area contributed by atoms with Gasteiger partial charge in [0.1, 0.15) is 5.69 Å². The van der Waals surface area contributed by atoms with Crippen LogP contribution in [0.3, 0.4) is 0 Å². The maximum absolute atomic E-state index is 8.48. The van der Waals surface area contributed by atoms with Crippen molar-refractivity contribution in [1.29, 1.82) is 0 Å². The van der Waals surface area contributed by atoms with Gasteiger partial charge in [-0.25, -0.2) is 0 Å². The lowest BCUT2D eigenvalue weighted by Crippen LogP contribution is -2.14. The molecule has 0 bridgehead atoms. The van der Waals surface area contributed by atoms with E-state index in [-0.39, 0.29) is 5.84 Å². The second-order valence-corrected chi connectivity index (χ2v) is 5.06. The molecule has 0 aliphatic rings. The van der Waals surface area contributed by atoms with Crippen molar-refractivity contribution in [3.05, 3.63) is 24.0 Å². The molecule has 0 aliphatic carbocycles. The highest BCUT2D eigenvalue weighted by molar-refractivity contribution is 7.99. The molecule has 0 saturated heterocycles. The molecule has 88 valence electrons. The van der Waals surface area contributed by atoms with Gasteiger partial charge in [0, 0.05) is 11.1 Å². The fourth-order valence-corrected chi connectivity index (χ4v) is 2.20. The van der Waals surface area contributed by atoms with Gasteiger partial charge in [-0.2, -0.15) is 0 Å². The van der Waals surface area contributed by atoms with Crippen LogP contribution in [-0.4, -0.2) is 21.8 Å². The van der Waals surface area contributed by atoms with E-state index in [0.717, 1.165) is 16.6 Å². The zero-order valence-corrected chi connectivity index (χ0v) is 10.4. The first kappa shape index (κ1) is 12.8. The van der Waals surface area contributed by atoms with Crippen molar-refractivity contribution in [3.8, 4) is 0 Å². The number of nitrogens with two attached hydrogens (primary N) is 1. The Morgan fingerprint density at radius 2 is 2.31 bits per heavy atom. The molecule has 0 aromatic carbocycles. The maximum Gasteiger partial charge on any atom is 0.188 e. The third kappa shape index (κ3) is 4.10. The number of oxime groups is 1. The smallest absolute Gasteiger partial charge is 0.188 e. The van der Waals surface area contributed by atoms with Crippen molar-refractivity contribution in [2.24, 2.45) is 16.8 Å². The van der Waals surface area contributed by atoms with Crippen molar-refractivity contribution in [3.63, 3.8) is 0 Å². The van der Waals surface area contributed by atoms with E-state index >= 15 is 0 Å². The summed E-state index contributed by atoms with van der Waals surface area (Å²) in [5, 5.41) is 11.4. The summed E-state index contributed by atoms with van der Waals surface area (Å²) < 4.78 is 0. The van der Waals surface area contributed by atoms with Crippen molar-refractivity contribution >= 4 is 17.6 Å². The molecule has 0 amide bonds. The van der Waals surface area contributed by atoms with E-state index in [1.807, 2.05) is 6.07 Å². The highest BCUT2D eigenvalue weighted by atomic mass is 32.2. The Balaban J connectivity index is 2.52. The summed E-state index contributed by atoms with van der Waals surface area (Å²) in [5.41, 5.74) is 5.91. The molecule has 0 atom stereocenters. The number of rotatable bonds is 5. The molecule has 0 fully saturated rings. The van der Waals surface area contributed by atoms with E-state index in [0.29, 0.717) is 5.69 Å². The normalized spacial score (nSPS) is 12.1. The van der Waals surface area contributed by atoms with Crippen LogP contribution in [0.5, 0.6) is 0 Å². The average Bonchev–Trinajstić information content (AvgIpc) is 2.28. The lowest BCUT2D eigenvalue weighted by Gasteiger charge is -2.04. The first-order valence-electron chi connectivity index (χ1n) is 5.20. The fraction of sp³-hybridized carbons (Fsp3) is 0.455. The summed E-state index contributed by atoms with van der Waals surface area (Å²) in [6.45, 7) is 4.42. The Morgan fingerprint density at radius 1 is 1.56 bits per heavy atom. The zero-order chi connectivity index (χ0) is 12.0. The van der Waals surface area contributed by atoms with E-state index < -0.39 is 0 Å². The minimum Gasteiger partial charge on any atom is -0.409 e. The van der Waals surface area contributed by atoms with E-state index in [2.05, 4.69) is 24.0 Å². The molecule has 1 rings (SSSR count). The van der Waals surface area contributed by atoms with Crippen LogP contribution >= 0.6 is 11.8 Å². The number of amidine groups is 1. The number of pyridine rings is 1.